The maximum atomic E-state index is 5.27. The molecule has 1 aliphatic heterocycles. The molecular weight excluding hydrogens is 338 g/mol. The predicted octanol–water partition coefficient (Wildman–Crippen LogP) is 3.47. The van der Waals surface area contributed by atoms with Gasteiger partial charge in [0.25, 0.3) is 5.89 Å². The third kappa shape index (κ3) is 3.40. The lowest BCUT2D eigenvalue weighted by atomic mass is 10.0. The van der Waals surface area contributed by atoms with Gasteiger partial charge in [-0.15, -0.1) is 11.3 Å². The average molecular weight is 357 g/mol. The van der Waals surface area contributed by atoms with Gasteiger partial charge in [0.15, 0.2) is 5.82 Å². The molecule has 4 heterocycles. The Bertz CT molecular complexity index is 803. The molecule has 130 valence electrons. The molecule has 25 heavy (non-hydrogen) atoms. The second-order valence-corrected chi connectivity index (χ2v) is 6.86. The van der Waals surface area contributed by atoms with Crippen LogP contribution in [-0.4, -0.2) is 33.8 Å². The zero-order valence-electron chi connectivity index (χ0n) is 14.0. The summed E-state index contributed by atoms with van der Waals surface area (Å²) in [5, 5.41) is 7.08. The zero-order chi connectivity index (χ0) is 17.1. The van der Waals surface area contributed by atoms with E-state index >= 15 is 0 Å². The van der Waals surface area contributed by atoms with Crippen molar-refractivity contribution in [3.63, 3.8) is 0 Å². The molecule has 0 N–H and O–H groups in total. The number of hydrogen-bond acceptors (Lipinski definition) is 8. The molecule has 0 unspecified atom stereocenters. The molecule has 0 amide bonds. The summed E-state index contributed by atoms with van der Waals surface area (Å²) in [5.41, 5.74) is 0.807. The molecule has 0 aliphatic carbocycles. The van der Waals surface area contributed by atoms with Gasteiger partial charge in [0.2, 0.25) is 0 Å². The Labute approximate surface area is 149 Å². The van der Waals surface area contributed by atoms with Gasteiger partial charge in [0, 0.05) is 31.4 Å². The van der Waals surface area contributed by atoms with E-state index in [-0.39, 0.29) is 0 Å². The van der Waals surface area contributed by atoms with E-state index < -0.39 is 0 Å². The number of pyridine rings is 1. The quantitative estimate of drug-likeness (QED) is 0.692. The molecule has 1 atom stereocenters. The van der Waals surface area contributed by atoms with Gasteiger partial charge in [-0.1, -0.05) is 5.16 Å². The summed E-state index contributed by atoms with van der Waals surface area (Å²) in [6, 6.07) is 4.30. The Hall–Kier alpha value is -2.32. The number of methoxy groups -OCH3 is 1. The van der Waals surface area contributed by atoms with Gasteiger partial charge in [0.05, 0.1) is 11.6 Å². The van der Waals surface area contributed by atoms with Gasteiger partial charge in [-0.25, -0.2) is 9.97 Å². The molecule has 1 saturated heterocycles. The molecule has 0 bridgehead atoms. The topological polar surface area (TPSA) is 77.2 Å². The van der Waals surface area contributed by atoms with Crippen LogP contribution in [0.2, 0.25) is 0 Å². The van der Waals surface area contributed by atoms with E-state index in [4.69, 9.17) is 9.26 Å². The van der Waals surface area contributed by atoms with E-state index in [9.17, 15) is 0 Å². The number of nitrogens with zero attached hydrogens (tertiary/aromatic N) is 5. The van der Waals surface area contributed by atoms with Crippen molar-refractivity contribution in [1.82, 2.24) is 20.1 Å². The fraction of sp³-hybridized carbons (Fsp3) is 0.412. The molecule has 3 aromatic heterocycles. The smallest absolute Gasteiger partial charge is 0.259 e. The van der Waals surface area contributed by atoms with Gasteiger partial charge in [-0.05, 0) is 31.4 Å². The molecule has 1 fully saturated rings. The largest absolute Gasteiger partial charge is 0.377 e. The number of thiazole rings is 1. The molecule has 0 aromatic carbocycles. The Morgan fingerprint density at radius 2 is 2.28 bits per heavy atom. The third-order valence-electron chi connectivity index (χ3n) is 4.27. The molecular formula is C17H19N5O2S. The molecule has 0 radical (unpaired) electrons. The minimum Gasteiger partial charge on any atom is -0.377 e. The SMILES string of the molecule is COCc1noc(-c2ccc(N3CCCC[C@H]3c3nccs3)nc2)n1. The Balaban J connectivity index is 1.56. The molecule has 4 rings (SSSR count). The maximum Gasteiger partial charge on any atom is 0.259 e. The van der Waals surface area contributed by atoms with Gasteiger partial charge in [-0.2, -0.15) is 4.98 Å². The lowest BCUT2D eigenvalue weighted by molar-refractivity contribution is 0.174. The van der Waals surface area contributed by atoms with Crippen molar-refractivity contribution in [3.8, 4) is 11.5 Å². The second kappa shape index (κ2) is 7.28. The van der Waals surface area contributed by atoms with E-state index in [0.717, 1.165) is 29.4 Å². The Kier molecular flexibility index (Phi) is 4.71. The summed E-state index contributed by atoms with van der Waals surface area (Å²) in [4.78, 5) is 15.8. The van der Waals surface area contributed by atoms with Crippen LogP contribution in [0.15, 0.2) is 34.4 Å². The second-order valence-electron chi connectivity index (χ2n) is 5.93. The molecule has 1 aliphatic rings. The van der Waals surface area contributed by atoms with Gasteiger partial charge < -0.3 is 14.2 Å². The summed E-state index contributed by atoms with van der Waals surface area (Å²) in [5.74, 6) is 1.95. The van der Waals surface area contributed by atoms with Crippen molar-refractivity contribution in [2.45, 2.75) is 31.9 Å². The summed E-state index contributed by atoms with van der Waals surface area (Å²) >= 11 is 1.71. The number of rotatable bonds is 5. The summed E-state index contributed by atoms with van der Waals surface area (Å²) in [6.07, 6.45) is 7.17. The highest BCUT2D eigenvalue weighted by Crippen LogP contribution is 2.35. The van der Waals surface area contributed by atoms with Crippen molar-refractivity contribution >= 4 is 17.2 Å². The van der Waals surface area contributed by atoms with Crippen molar-refractivity contribution in [2.24, 2.45) is 0 Å². The zero-order valence-corrected chi connectivity index (χ0v) is 14.8. The van der Waals surface area contributed by atoms with Gasteiger partial charge in [-0.3, -0.25) is 0 Å². The lowest BCUT2D eigenvalue weighted by Crippen LogP contribution is -2.33. The summed E-state index contributed by atoms with van der Waals surface area (Å²) < 4.78 is 10.3. The highest BCUT2D eigenvalue weighted by atomic mass is 32.1. The monoisotopic (exact) mass is 357 g/mol. The first-order valence-corrected chi connectivity index (χ1v) is 9.17. The predicted molar refractivity (Wildman–Crippen MR) is 94.3 cm³/mol. The average Bonchev–Trinajstić information content (AvgIpc) is 3.34. The molecule has 7 nitrogen and oxygen atoms in total. The highest BCUT2D eigenvalue weighted by molar-refractivity contribution is 7.09. The van der Waals surface area contributed by atoms with E-state index in [0.29, 0.717) is 24.4 Å². The number of anilines is 1. The third-order valence-corrected chi connectivity index (χ3v) is 5.15. The van der Waals surface area contributed by atoms with Crippen LogP contribution in [-0.2, 0) is 11.3 Å². The van der Waals surface area contributed by atoms with Gasteiger partial charge >= 0.3 is 0 Å². The Morgan fingerprint density at radius 3 is 3.04 bits per heavy atom. The number of ether oxygens (including phenoxy) is 1. The molecule has 8 heteroatoms. The first-order chi connectivity index (χ1) is 12.3. The highest BCUT2D eigenvalue weighted by Gasteiger charge is 2.27. The van der Waals surface area contributed by atoms with Crippen LogP contribution < -0.4 is 4.90 Å². The summed E-state index contributed by atoms with van der Waals surface area (Å²) in [6.45, 7) is 1.33. The summed E-state index contributed by atoms with van der Waals surface area (Å²) in [7, 11) is 1.60. The van der Waals surface area contributed by atoms with E-state index in [1.165, 1.54) is 12.8 Å². The van der Waals surface area contributed by atoms with Crippen molar-refractivity contribution in [3.05, 3.63) is 40.7 Å². The molecule has 0 spiro atoms. The number of hydrogen-bond donors (Lipinski definition) is 0. The lowest BCUT2D eigenvalue weighted by Gasteiger charge is -2.35. The van der Waals surface area contributed by atoms with Crippen molar-refractivity contribution in [1.29, 1.82) is 0 Å². The number of piperidine rings is 1. The Morgan fingerprint density at radius 1 is 1.32 bits per heavy atom. The molecule has 0 saturated carbocycles. The van der Waals surface area contributed by atoms with Crippen LogP contribution in [0.5, 0.6) is 0 Å². The van der Waals surface area contributed by atoms with E-state index in [1.54, 1.807) is 24.6 Å². The first-order valence-electron chi connectivity index (χ1n) is 8.29. The minimum absolute atomic E-state index is 0.309. The standard InChI is InChI=1S/C17H19N5O2S/c1-23-11-14-20-16(24-21-14)12-5-6-15(19-10-12)22-8-3-2-4-13(22)17-18-7-9-25-17/h5-7,9-10,13H,2-4,8,11H2,1H3/t13-/m0/s1. The van der Waals surface area contributed by atoms with Crippen LogP contribution in [0, 0.1) is 0 Å². The van der Waals surface area contributed by atoms with E-state index in [1.807, 2.05) is 23.7 Å². The van der Waals surface area contributed by atoms with Crippen LogP contribution in [0.1, 0.15) is 36.1 Å². The van der Waals surface area contributed by atoms with Crippen LogP contribution in [0.25, 0.3) is 11.5 Å². The van der Waals surface area contributed by atoms with E-state index in [2.05, 4.69) is 25.0 Å². The fourth-order valence-corrected chi connectivity index (χ4v) is 3.89. The van der Waals surface area contributed by atoms with Crippen LogP contribution >= 0.6 is 11.3 Å². The molecule has 3 aromatic rings. The fourth-order valence-electron chi connectivity index (χ4n) is 3.10. The normalized spacial score (nSPS) is 17.8. The van der Waals surface area contributed by atoms with Gasteiger partial charge in [0.1, 0.15) is 17.4 Å². The number of aromatic nitrogens is 4. The first kappa shape index (κ1) is 16.2. The minimum atomic E-state index is 0.309. The maximum absolute atomic E-state index is 5.27. The van der Waals surface area contributed by atoms with Crippen LogP contribution in [0.3, 0.4) is 0 Å². The van der Waals surface area contributed by atoms with Crippen molar-refractivity contribution in [2.75, 3.05) is 18.6 Å². The van der Waals surface area contributed by atoms with Crippen LogP contribution in [0.4, 0.5) is 5.82 Å². The van der Waals surface area contributed by atoms with Crippen molar-refractivity contribution < 1.29 is 9.26 Å².